The van der Waals surface area contributed by atoms with Crippen LogP contribution >= 0.6 is 11.3 Å². The fraction of sp³-hybridized carbons (Fsp3) is 0.333. The number of thiazole rings is 1. The number of pyridine rings is 1. The van der Waals surface area contributed by atoms with Crippen molar-refractivity contribution in [1.29, 1.82) is 0 Å². The molecular formula is C24H31N3S. The van der Waals surface area contributed by atoms with Gasteiger partial charge in [0.15, 0.2) is 0 Å². The highest BCUT2D eigenvalue weighted by molar-refractivity contribution is 7.17. The molecule has 3 nitrogen and oxygen atoms in total. The van der Waals surface area contributed by atoms with Gasteiger partial charge in [-0.15, -0.1) is 11.3 Å². The Labute approximate surface area is 173 Å². The second-order valence-electron chi connectivity index (χ2n) is 6.63. The van der Waals surface area contributed by atoms with Crippen LogP contribution in [0.3, 0.4) is 0 Å². The van der Waals surface area contributed by atoms with Gasteiger partial charge in [0.25, 0.3) is 0 Å². The minimum absolute atomic E-state index is 0.512. The number of nitrogens with zero attached hydrogens (tertiary/aromatic N) is 2. The predicted molar refractivity (Wildman–Crippen MR) is 125 cm³/mol. The third kappa shape index (κ3) is 4.68. The van der Waals surface area contributed by atoms with Gasteiger partial charge >= 0.3 is 0 Å². The van der Waals surface area contributed by atoms with Gasteiger partial charge in [0, 0.05) is 22.9 Å². The number of nitrogens with two attached hydrogens (primary N) is 1. The van der Waals surface area contributed by atoms with Gasteiger partial charge in [0.1, 0.15) is 5.82 Å². The zero-order valence-corrected chi connectivity index (χ0v) is 18.6. The minimum atomic E-state index is 0.512. The van der Waals surface area contributed by atoms with Gasteiger partial charge < -0.3 is 5.73 Å². The third-order valence-electron chi connectivity index (χ3n) is 4.70. The van der Waals surface area contributed by atoms with E-state index in [1.54, 1.807) is 11.3 Å². The Bertz CT molecular complexity index is 980. The molecular weight excluding hydrogens is 362 g/mol. The number of fused-ring (bicyclic) bond motifs is 1. The van der Waals surface area contributed by atoms with Crippen LogP contribution in [-0.4, -0.2) is 9.97 Å². The lowest BCUT2D eigenvalue weighted by Crippen LogP contribution is -1.99. The Balaban J connectivity index is 0.00000136. The van der Waals surface area contributed by atoms with Gasteiger partial charge in [-0.2, -0.15) is 0 Å². The Morgan fingerprint density at radius 2 is 1.96 bits per heavy atom. The molecule has 4 heteroatoms. The Kier molecular flexibility index (Phi) is 7.94. The lowest BCUT2D eigenvalue weighted by atomic mass is 9.94. The minimum Gasteiger partial charge on any atom is -0.383 e. The molecule has 0 aliphatic heterocycles. The van der Waals surface area contributed by atoms with Crippen LogP contribution in [0, 0.1) is 5.92 Å². The lowest BCUT2D eigenvalue weighted by molar-refractivity contribution is 0.733. The summed E-state index contributed by atoms with van der Waals surface area (Å²) in [5, 5.41) is 0. The van der Waals surface area contributed by atoms with Gasteiger partial charge in [0.2, 0.25) is 0 Å². The van der Waals surface area contributed by atoms with Crippen molar-refractivity contribution in [3.63, 3.8) is 0 Å². The van der Waals surface area contributed by atoms with E-state index >= 15 is 0 Å². The van der Waals surface area contributed by atoms with Crippen molar-refractivity contribution in [2.45, 2.75) is 48.0 Å². The molecule has 2 aromatic heterocycles. The van der Waals surface area contributed by atoms with Crippen molar-refractivity contribution < 1.29 is 0 Å². The number of rotatable bonds is 5. The summed E-state index contributed by atoms with van der Waals surface area (Å²) in [5.74, 6) is 1.08. The molecule has 0 amide bonds. The lowest BCUT2D eigenvalue weighted by Gasteiger charge is -2.13. The van der Waals surface area contributed by atoms with Crippen molar-refractivity contribution in [2.75, 3.05) is 5.73 Å². The van der Waals surface area contributed by atoms with Crippen molar-refractivity contribution in [3.8, 4) is 11.1 Å². The zero-order valence-electron chi connectivity index (χ0n) is 17.8. The molecule has 3 aromatic rings. The number of benzene rings is 1. The number of allylic oxidation sites excluding steroid dienone is 4. The van der Waals surface area contributed by atoms with Crippen molar-refractivity contribution >= 4 is 32.9 Å². The SMILES string of the molecule is C/C=C(\C=C(\CC)C(C)C)c1cc(-c2cccc3ncsc23)cnc1N.CC. The fourth-order valence-electron chi connectivity index (χ4n) is 3.16. The summed E-state index contributed by atoms with van der Waals surface area (Å²) >= 11 is 1.65. The summed E-state index contributed by atoms with van der Waals surface area (Å²) < 4.78 is 1.18. The first kappa shape index (κ1) is 21.8. The van der Waals surface area contributed by atoms with Crippen LogP contribution in [0.4, 0.5) is 5.82 Å². The molecule has 2 N–H and O–H groups in total. The van der Waals surface area contributed by atoms with Gasteiger partial charge in [-0.3, -0.25) is 0 Å². The van der Waals surface area contributed by atoms with Gasteiger partial charge in [0.05, 0.1) is 15.7 Å². The molecule has 0 aliphatic rings. The topological polar surface area (TPSA) is 51.8 Å². The molecule has 0 atom stereocenters. The first-order valence-electron chi connectivity index (χ1n) is 10.00. The summed E-state index contributed by atoms with van der Waals surface area (Å²) in [6.07, 6.45) is 7.26. The molecule has 0 radical (unpaired) electrons. The van der Waals surface area contributed by atoms with Crippen molar-refractivity contribution in [3.05, 3.63) is 59.3 Å². The van der Waals surface area contributed by atoms with E-state index in [9.17, 15) is 0 Å². The van der Waals surface area contributed by atoms with Crippen LogP contribution in [0.5, 0.6) is 0 Å². The van der Waals surface area contributed by atoms with Crippen molar-refractivity contribution in [2.24, 2.45) is 5.92 Å². The second-order valence-corrected chi connectivity index (χ2v) is 7.49. The highest BCUT2D eigenvalue weighted by Crippen LogP contribution is 2.34. The number of nitrogen functional groups attached to an aromatic ring is 1. The molecule has 0 fully saturated rings. The first-order valence-corrected chi connectivity index (χ1v) is 10.9. The Morgan fingerprint density at radius 1 is 1.21 bits per heavy atom. The predicted octanol–water partition coefficient (Wildman–Crippen LogP) is 7.36. The number of hydrogen-bond acceptors (Lipinski definition) is 4. The van der Waals surface area contributed by atoms with Crippen molar-refractivity contribution in [1.82, 2.24) is 9.97 Å². The zero-order chi connectivity index (χ0) is 20.7. The quantitative estimate of drug-likeness (QED) is 0.461. The summed E-state index contributed by atoms with van der Waals surface area (Å²) in [5.41, 5.74) is 14.9. The summed E-state index contributed by atoms with van der Waals surface area (Å²) in [6.45, 7) is 12.7. The number of hydrogen-bond donors (Lipinski definition) is 1. The fourth-order valence-corrected chi connectivity index (χ4v) is 3.99. The highest BCUT2D eigenvalue weighted by Gasteiger charge is 2.12. The highest BCUT2D eigenvalue weighted by atomic mass is 32.1. The average Bonchev–Trinajstić information content (AvgIpc) is 3.20. The van der Waals surface area contributed by atoms with Gasteiger partial charge in [-0.05, 0) is 37.0 Å². The van der Waals surface area contributed by atoms with E-state index in [4.69, 9.17) is 5.73 Å². The molecule has 2 heterocycles. The van der Waals surface area contributed by atoms with E-state index in [0.29, 0.717) is 11.7 Å². The van der Waals surface area contributed by atoms with Crippen LogP contribution < -0.4 is 5.73 Å². The van der Waals surface area contributed by atoms with E-state index in [1.165, 1.54) is 10.3 Å². The van der Waals surface area contributed by atoms with E-state index in [-0.39, 0.29) is 0 Å². The largest absolute Gasteiger partial charge is 0.383 e. The molecule has 0 aliphatic carbocycles. The Morgan fingerprint density at radius 3 is 2.61 bits per heavy atom. The molecule has 0 bridgehead atoms. The monoisotopic (exact) mass is 393 g/mol. The first-order chi connectivity index (χ1) is 13.5. The number of anilines is 1. The van der Waals surface area contributed by atoms with Crippen LogP contribution in [-0.2, 0) is 0 Å². The van der Waals surface area contributed by atoms with Crippen LogP contribution in [0.15, 0.2) is 53.7 Å². The normalized spacial score (nSPS) is 12.2. The maximum absolute atomic E-state index is 6.24. The summed E-state index contributed by atoms with van der Waals surface area (Å²) in [6, 6.07) is 8.35. The maximum Gasteiger partial charge on any atom is 0.131 e. The summed E-state index contributed by atoms with van der Waals surface area (Å²) in [4.78, 5) is 8.90. The second kappa shape index (κ2) is 10.2. The molecule has 0 saturated carbocycles. The molecule has 1 aromatic carbocycles. The van der Waals surface area contributed by atoms with Gasteiger partial charge in [-0.1, -0.05) is 64.5 Å². The smallest absolute Gasteiger partial charge is 0.131 e. The molecule has 0 unspecified atom stereocenters. The van der Waals surface area contributed by atoms with E-state index < -0.39 is 0 Å². The third-order valence-corrected chi connectivity index (χ3v) is 5.57. The Hall–Kier alpha value is -2.46. The average molecular weight is 394 g/mol. The molecule has 3 rings (SSSR count). The summed E-state index contributed by atoms with van der Waals surface area (Å²) in [7, 11) is 0. The number of aromatic nitrogens is 2. The standard InChI is InChI=1S/C22H25N3S.C2H6/c1-5-15(14(3)4)10-16(6-2)19-11-17(12-24-22(19)23)18-8-7-9-20-21(18)26-13-25-20;1-2/h6-14H,5H2,1-4H3,(H2,23,24);1-2H3/b15-10-,16-6+;. The van der Waals surface area contributed by atoms with Crippen LogP contribution in [0.1, 0.15) is 53.5 Å². The van der Waals surface area contributed by atoms with Crippen LogP contribution in [0.2, 0.25) is 0 Å². The molecule has 0 saturated heterocycles. The van der Waals surface area contributed by atoms with E-state index in [1.807, 2.05) is 37.7 Å². The maximum atomic E-state index is 6.24. The molecule has 28 heavy (non-hydrogen) atoms. The molecule has 0 spiro atoms. The van der Waals surface area contributed by atoms with E-state index in [0.717, 1.165) is 34.2 Å². The van der Waals surface area contributed by atoms with Gasteiger partial charge in [-0.25, -0.2) is 9.97 Å². The van der Waals surface area contributed by atoms with Crippen LogP contribution in [0.25, 0.3) is 26.9 Å². The van der Waals surface area contributed by atoms with E-state index in [2.05, 4.69) is 61.9 Å². The molecule has 148 valence electrons.